The third kappa shape index (κ3) is 9.58. The Labute approximate surface area is 302 Å². The number of carbonyl (C=O) groups is 4. The minimum Gasteiger partial charge on any atom is -0.464 e. The monoisotopic (exact) mass is 711 g/mol. The number of nitrogens with one attached hydrogen (secondary N) is 2. The fraction of sp³-hybridized carbons (Fsp3) is 0.350. The van der Waals surface area contributed by atoms with Gasteiger partial charge in [-0.2, -0.15) is 0 Å². The number of fused-ring (bicyclic) bond motifs is 3. The van der Waals surface area contributed by atoms with Crippen molar-refractivity contribution >= 4 is 45.9 Å². The molecule has 1 aliphatic rings. The molecule has 3 aromatic carbocycles. The minimum absolute atomic E-state index is 0.0189. The lowest BCUT2D eigenvalue weighted by molar-refractivity contribution is 0.0466. The zero-order valence-electron chi connectivity index (χ0n) is 30.2. The van der Waals surface area contributed by atoms with Crippen molar-refractivity contribution in [1.29, 1.82) is 0 Å². The predicted octanol–water partition coefficient (Wildman–Crippen LogP) is 7.03. The molecular weight excluding hydrogens is 666 g/mol. The summed E-state index contributed by atoms with van der Waals surface area (Å²) < 4.78 is 21.6. The molecule has 12 heteroatoms. The van der Waals surface area contributed by atoms with Crippen LogP contribution in [0.25, 0.3) is 21.9 Å². The lowest BCUT2D eigenvalue weighted by atomic mass is 10.0. The standard InChI is InChI=1S/C24H24N2O5.C16H21NO4/c1-24(2,3)31-23(29)25-16(12-15-14-30-20-11-7-6-8-17(15)20)13-26-21(27)18-9-4-5-10-19(18)22(26)28;1-16(2,3)21-15(19)17-12(9-18)8-11-10-20-14-7-5-4-6-13(11)14/h4-11,14,16H,12-13H2,1-3H3,(H,25,29);4-7,10,12,18H,8-9H2,1-3H3,(H,17,19)/t16-;12-/m00/s1. The minimum atomic E-state index is -0.674. The average Bonchev–Trinajstić information content (AvgIpc) is 3.74. The van der Waals surface area contributed by atoms with Gasteiger partial charge in [0.15, 0.2) is 0 Å². The van der Waals surface area contributed by atoms with Crippen molar-refractivity contribution < 1.29 is 42.6 Å². The van der Waals surface area contributed by atoms with Crippen molar-refractivity contribution in [3.63, 3.8) is 0 Å². The summed E-state index contributed by atoms with van der Waals surface area (Å²) in [5.74, 6) is -0.734. The van der Waals surface area contributed by atoms with Crippen LogP contribution in [0.15, 0.2) is 94.2 Å². The van der Waals surface area contributed by atoms with E-state index >= 15 is 0 Å². The van der Waals surface area contributed by atoms with Gasteiger partial charge in [0.25, 0.3) is 11.8 Å². The number of carbonyl (C=O) groups excluding carboxylic acids is 4. The molecule has 12 nitrogen and oxygen atoms in total. The Morgan fingerprint density at radius 2 is 1.08 bits per heavy atom. The number of aliphatic hydroxyl groups excluding tert-OH is 1. The molecular formula is C40H45N3O9. The van der Waals surface area contributed by atoms with E-state index in [9.17, 15) is 24.3 Å². The van der Waals surface area contributed by atoms with Crippen LogP contribution >= 0.6 is 0 Å². The van der Waals surface area contributed by atoms with E-state index in [1.165, 1.54) is 4.90 Å². The number of hydrogen-bond acceptors (Lipinski definition) is 9. The number of aliphatic hydroxyl groups is 1. The number of amides is 4. The molecule has 2 atom stereocenters. The van der Waals surface area contributed by atoms with Gasteiger partial charge in [0.1, 0.15) is 22.4 Å². The van der Waals surface area contributed by atoms with Crippen LogP contribution in [0.2, 0.25) is 0 Å². The van der Waals surface area contributed by atoms with E-state index in [0.29, 0.717) is 24.0 Å². The van der Waals surface area contributed by atoms with Gasteiger partial charge in [-0.25, -0.2) is 9.59 Å². The van der Waals surface area contributed by atoms with Crippen LogP contribution in [0.1, 0.15) is 73.4 Å². The van der Waals surface area contributed by atoms with Gasteiger partial charge in [0.05, 0.1) is 48.9 Å². The third-order valence-corrected chi connectivity index (χ3v) is 8.00. The predicted molar refractivity (Wildman–Crippen MR) is 195 cm³/mol. The molecule has 3 N–H and O–H groups in total. The van der Waals surface area contributed by atoms with Gasteiger partial charge in [-0.05, 0) is 78.6 Å². The van der Waals surface area contributed by atoms with Gasteiger partial charge in [-0.1, -0.05) is 48.5 Å². The average molecular weight is 712 g/mol. The molecule has 0 bridgehead atoms. The summed E-state index contributed by atoms with van der Waals surface area (Å²) in [4.78, 5) is 51.0. The van der Waals surface area contributed by atoms with Crippen molar-refractivity contribution in [1.82, 2.24) is 15.5 Å². The molecule has 0 saturated carbocycles. The molecule has 3 heterocycles. The smallest absolute Gasteiger partial charge is 0.407 e. The van der Waals surface area contributed by atoms with E-state index in [1.54, 1.807) is 78.3 Å². The summed E-state index contributed by atoms with van der Waals surface area (Å²) in [6.45, 7) is 10.6. The first kappa shape index (κ1) is 37.6. The molecule has 2 aromatic heterocycles. The van der Waals surface area contributed by atoms with E-state index in [-0.39, 0.29) is 25.0 Å². The van der Waals surface area contributed by atoms with E-state index < -0.39 is 35.5 Å². The van der Waals surface area contributed by atoms with Crippen molar-refractivity contribution in [3.8, 4) is 0 Å². The molecule has 0 radical (unpaired) electrons. The quantitative estimate of drug-likeness (QED) is 0.136. The Morgan fingerprint density at radius 3 is 1.52 bits per heavy atom. The normalized spacial score (nSPS) is 14.0. The fourth-order valence-electron chi connectivity index (χ4n) is 5.81. The lowest BCUT2D eigenvalue weighted by Crippen LogP contribution is -2.48. The van der Waals surface area contributed by atoms with Crippen LogP contribution in [0, 0.1) is 0 Å². The van der Waals surface area contributed by atoms with E-state index in [2.05, 4.69) is 10.6 Å². The first-order valence-corrected chi connectivity index (χ1v) is 17.1. The first-order valence-electron chi connectivity index (χ1n) is 17.1. The maximum atomic E-state index is 12.8. The van der Waals surface area contributed by atoms with Gasteiger partial charge in [0.2, 0.25) is 0 Å². The molecule has 1 aliphatic heterocycles. The van der Waals surface area contributed by atoms with Crippen molar-refractivity contribution in [2.45, 2.75) is 77.7 Å². The van der Waals surface area contributed by atoms with Crippen LogP contribution in [0.4, 0.5) is 9.59 Å². The molecule has 0 aliphatic carbocycles. The molecule has 0 spiro atoms. The number of benzene rings is 3. The molecule has 0 saturated heterocycles. The molecule has 274 valence electrons. The van der Waals surface area contributed by atoms with E-state index in [4.69, 9.17) is 18.3 Å². The van der Waals surface area contributed by atoms with Gasteiger partial charge in [-0.15, -0.1) is 0 Å². The Hall–Kier alpha value is -5.62. The summed E-state index contributed by atoms with van der Waals surface area (Å²) in [5.41, 5.74) is 2.85. The number of nitrogens with zero attached hydrogens (tertiary/aromatic N) is 1. The summed E-state index contributed by atoms with van der Waals surface area (Å²) in [7, 11) is 0. The molecule has 5 aromatic rings. The highest BCUT2D eigenvalue weighted by molar-refractivity contribution is 6.21. The highest BCUT2D eigenvalue weighted by atomic mass is 16.6. The number of rotatable bonds is 9. The van der Waals surface area contributed by atoms with Gasteiger partial charge >= 0.3 is 12.2 Å². The number of hydrogen-bond donors (Lipinski definition) is 3. The van der Waals surface area contributed by atoms with Crippen LogP contribution in [-0.2, 0) is 22.3 Å². The SMILES string of the molecule is CC(C)(C)OC(=O)N[C@@H](Cc1coc2ccccc12)CN1C(=O)c2ccccc2C1=O.CC(C)(C)OC(=O)N[C@H](CO)Cc1coc2ccccc12. The Bertz CT molecular complexity index is 2020. The highest BCUT2D eigenvalue weighted by Crippen LogP contribution is 2.26. The second-order valence-corrected chi connectivity index (χ2v) is 14.6. The second-order valence-electron chi connectivity index (χ2n) is 14.6. The lowest BCUT2D eigenvalue weighted by Gasteiger charge is -2.26. The first-order chi connectivity index (χ1) is 24.6. The third-order valence-electron chi connectivity index (χ3n) is 8.00. The zero-order chi connectivity index (χ0) is 37.6. The zero-order valence-corrected chi connectivity index (χ0v) is 30.2. The Kier molecular flexibility index (Phi) is 11.4. The molecule has 0 unspecified atom stereocenters. The number of para-hydroxylation sites is 2. The van der Waals surface area contributed by atoms with Crippen molar-refractivity contribution in [2.24, 2.45) is 0 Å². The number of imide groups is 1. The van der Waals surface area contributed by atoms with Crippen LogP contribution in [0.5, 0.6) is 0 Å². The number of ether oxygens (including phenoxy) is 2. The van der Waals surface area contributed by atoms with Gasteiger partial charge in [-0.3, -0.25) is 14.5 Å². The number of furan rings is 2. The number of alkyl carbamates (subject to hydrolysis) is 2. The highest BCUT2D eigenvalue weighted by Gasteiger charge is 2.37. The molecule has 4 amide bonds. The summed E-state index contributed by atoms with van der Waals surface area (Å²) in [6, 6.07) is 21.0. The van der Waals surface area contributed by atoms with Crippen LogP contribution < -0.4 is 10.6 Å². The topological polar surface area (TPSA) is 161 Å². The van der Waals surface area contributed by atoms with E-state index in [1.807, 2.05) is 48.5 Å². The Balaban J connectivity index is 0.000000217. The van der Waals surface area contributed by atoms with Crippen LogP contribution in [-0.4, -0.2) is 70.4 Å². The second kappa shape index (κ2) is 15.7. The maximum absolute atomic E-state index is 12.8. The fourth-order valence-corrected chi connectivity index (χ4v) is 5.81. The Morgan fingerprint density at radius 1 is 0.673 bits per heavy atom. The summed E-state index contributed by atoms with van der Waals surface area (Å²) >= 11 is 0. The molecule has 6 rings (SSSR count). The largest absolute Gasteiger partial charge is 0.464 e. The molecule has 0 fully saturated rings. The summed E-state index contributed by atoms with van der Waals surface area (Å²) in [5, 5.41) is 16.8. The van der Waals surface area contributed by atoms with Gasteiger partial charge in [0, 0.05) is 21.9 Å². The molecule has 52 heavy (non-hydrogen) atoms. The maximum Gasteiger partial charge on any atom is 0.407 e. The van der Waals surface area contributed by atoms with Crippen molar-refractivity contribution in [2.75, 3.05) is 13.2 Å². The summed E-state index contributed by atoms with van der Waals surface area (Å²) in [6.07, 6.45) is 2.99. The van der Waals surface area contributed by atoms with Gasteiger partial charge < -0.3 is 34.0 Å². The van der Waals surface area contributed by atoms with Crippen molar-refractivity contribution in [3.05, 3.63) is 108 Å². The van der Waals surface area contributed by atoms with Crippen LogP contribution in [0.3, 0.4) is 0 Å². The van der Waals surface area contributed by atoms with E-state index in [0.717, 1.165) is 33.1 Å².